The molecule has 0 spiro atoms. The van der Waals surface area contributed by atoms with Crippen molar-refractivity contribution in [2.75, 3.05) is 0 Å². The van der Waals surface area contributed by atoms with Crippen LogP contribution in [0.15, 0.2) is 24.3 Å². The lowest BCUT2D eigenvalue weighted by molar-refractivity contribution is -0.137. The van der Waals surface area contributed by atoms with E-state index in [1.165, 1.54) is 0 Å². The summed E-state index contributed by atoms with van der Waals surface area (Å²) in [6, 6.07) is 8.13. The van der Waals surface area contributed by atoms with Gasteiger partial charge in [-0.2, -0.15) is 0 Å². The number of para-hydroxylation sites is 2. The fourth-order valence-corrected chi connectivity index (χ4v) is 2.34. The van der Waals surface area contributed by atoms with Crippen LogP contribution >= 0.6 is 0 Å². The molecule has 0 radical (unpaired) electrons. The van der Waals surface area contributed by atoms with E-state index in [0.717, 1.165) is 42.7 Å². The zero-order chi connectivity index (χ0) is 13.7. The van der Waals surface area contributed by atoms with Gasteiger partial charge >= 0.3 is 5.97 Å². The van der Waals surface area contributed by atoms with Crippen LogP contribution in [-0.2, 0) is 17.8 Å². The number of benzene rings is 1. The SMILES string of the molecule is CCCc1nc2ccccc2n1CCCCC(=O)O. The molecule has 4 heteroatoms. The number of carboxylic acids is 1. The molecule has 1 aromatic carbocycles. The molecule has 2 aromatic rings. The molecule has 0 bridgehead atoms. The van der Waals surface area contributed by atoms with Crippen molar-refractivity contribution in [2.24, 2.45) is 0 Å². The predicted octanol–water partition coefficient (Wildman–Crippen LogP) is 3.24. The van der Waals surface area contributed by atoms with Crippen molar-refractivity contribution < 1.29 is 9.90 Å². The number of aliphatic carboxylic acids is 1. The van der Waals surface area contributed by atoms with Crippen LogP contribution in [0.4, 0.5) is 0 Å². The first kappa shape index (κ1) is 13.6. The van der Waals surface area contributed by atoms with Crippen molar-refractivity contribution in [3.05, 3.63) is 30.1 Å². The summed E-state index contributed by atoms with van der Waals surface area (Å²) in [5.41, 5.74) is 2.19. The predicted molar refractivity (Wildman–Crippen MR) is 75.2 cm³/mol. The lowest BCUT2D eigenvalue weighted by Gasteiger charge is -2.08. The van der Waals surface area contributed by atoms with Gasteiger partial charge in [0.15, 0.2) is 0 Å². The number of rotatable bonds is 7. The van der Waals surface area contributed by atoms with Gasteiger partial charge in [-0.25, -0.2) is 4.98 Å². The summed E-state index contributed by atoms with van der Waals surface area (Å²) >= 11 is 0. The minimum Gasteiger partial charge on any atom is -0.481 e. The lowest BCUT2D eigenvalue weighted by atomic mass is 10.2. The highest BCUT2D eigenvalue weighted by Crippen LogP contribution is 2.18. The van der Waals surface area contributed by atoms with Crippen LogP contribution < -0.4 is 0 Å². The summed E-state index contributed by atoms with van der Waals surface area (Å²) in [5.74, 6) is 0.392. The summed E-state index contributed by atoms with van der Waals surface area (Å²) in [5, 5.41) is 8.66. The van der Waals surface area contributed by atoms with Gasteiger partial charge in [-0.1, -0.05) is 19.1 Å². The number of aromatic nitrogens is 2. The van der Waals surface area contributed by atoms with Crippen LogP contribution in [0.2, 0.25) is 0 Å². The van der Waals surface area contributed by atoms with Crippen LogP contribution in [-0.4, -0.2) is 20.6 Å². The molecule has 0 fully saturated rings. The van der Waals surface area contributed by atoms with Gasteiger partial charge in [0.1, 0.15) is 5.82 Å². The second-order valence-electron chi connectivity index (χ2n) is 4.77. The van der Waals surface area contributed by atoms with Crippen molar-refractivity contribution >= 4 is 17.0 Å². The van der Waals surface area contributed by atoms with Crippen molar-refractivity contribution in [2.45, 2.75) is 45.6 Å². The molecule has 0 atom stereocenters. The van der Waals surface area contributed by atoms with E-state index in [1.54, 1.807) is 0 Å². The minimum atomic E-state index is -0.718. The summed E-state index contributed by atoms with van der Waals surface area (Å²) < 4.78 is 2.24. The third-order valence-corrected chi connectivity index (χ3v) is 3.23. The fraction of sp³-hybridized carbons (Fsp3) is 0.467. The molecule has 0 aliphatic rings. The maximum absolute atomic E-state index is 10.5. The molecule has 0 saturated heterocycles. The molecule has 0 unspecified atom stereocenters. The van der Waals surface area contributed by atoms with E-state index in [9.17, 15) is 4.79 Å². The summed E-state index contributed by atoms with van der Waals surface area (Å²) in [7, 11) is 0. The number of unbranched alkanes of at least 4 members (excludes halogenated alkanes) is 1. The standard InChI is InChI=1S/C15H20N2O2/c1-2-7-14-16-12-8-3-4-9-13(12)17(14)11-6-5-10-15(18)19/h3-4,8-9H,2,5-7,10-11H2,1H3,(H,18,19). The highest BCUT2D eigenvalue weighted by atomic mass is 16.4. The Morgan fingerprint density at radius 2 is 2.11 bits per heavy atom. The Hall–Kier alpha value is -1.84. The maximum Gasteiger partial charge on any atom is 0.303 e. The normalized spacial score (nSPS) is 11.0. The Morgan fingerprint density at radius 1 is 1.32 bits per heavy atom. The Labute approximate surface area is 113 Å². The van der Waals surface area contributed by atoms with E-state index in [2.05, 4.69) is 22.5 Å². The molecule has 1 heterocycles. The topological polar surface area (TPSA) is 55.1 Å². The fourth-order valence-electron chi connectivity index (χ4n) is 2.34. The number of nitrogens with zero attached hydrogens (tertiary/aromatic N) is 2. The number of aryl methyl sites for hydroxylation is 2. The van der Waals surface area contributed by atoms with Crippen molar-refractivity contribution in [1.82, 2.24) is 9.55 Å². The third kappa shape index (κ3) is 3.34. The van der Waals surface area contributed by atoms with Crippen LogP contribution in [0.5, 0.6) is 0 Å². The van der Waals surface area contributed by atoms with Gasteiger partial charge in [-0.15, -0.1) is 0 Å². The zero-order valence-corrected chi connectivity index (χ0v) is 11.3. The largest absolute Gasteiger partial charge is 0.481 e. The van der Waals surface area contributed by atoms with E-state index in [0.29, 0.717) is 6.42 Å². The molecular formula is C15H20N2O2. The average Bonchev–Trinajstić information content (AvgIpc) is 2.73. The first-order valence-corrected chi connectivity index (χ1v) is 6.88. The molecule has 1 aromatic heterocycles. The molecule has 0 saturated carbocycles. The summed E-state index contributed by atoms with van der Waals surface area (Å²) in [6.07, 6.45) is 3.87. The van der Waals surface area contributed by atoms with Gasteiger partial charge in [0.2, 0.25) is 0 Å². The van der Waals surface area contributed by atoms with E-state index in [4.69, 9.17) is 5.11 Å². The second kappa shape index (κ2) is 6.36. The van der Waals surface area contributed by atoms with Gasteiger partial charge in [-0.05, 0) is 31.4 Å². The van der Waals surface area contributed by atoms with Gasteiger partial charge in [0.25, 0.3) is 0 Å². The molecule has 102 valence electrons. The highest BCUT2D eigenvalue weighted by molar-refractivity contribution is 5.75. The van der Waals surface area contributed by atoms with Crippen molar-refractivity contribution in [3.63, 3.8) is 0 Å². The average molecular weight is 260 g/mol. The highest BCUT2D eigenvalue weighted by Gasteiger charge is 2.09. The van der Waals surface area contributed by atoms with Gasteiger partial charge < -0.3 is 9.67 Å². The zero-order valence-electron chi connectivity index (χ0n) is 11.3. The first-order valence-electron chi connectivity index (χ1n) is 6.88. The van der Waals surface area contributed by atoms with Gasteiger partial charge in [0.05, 0.1) is 11.0 Å². The van der Waals surface area contributed by atoms with Crippen molar-refractivity contribution in [1.29, 1.82) is 0 Å². The Kier molecular flexibility index (Phi) is 4.55. The Bertz CT molecular complexity index is 560. The van der Waals surface area contributed by atoms with Crippen molar-refractivity contribution in [3.8, 4) is 0 Å². The Balaban J connectivity index is 2.14. The monoisotopic (exact) mass is 260 g/mol. The smallest absolute Gasteiger partial charge is 0.303 e. The number of imidazole rings is 1. The van der Waals surface area contributed by atoms with E-state index >= 15 is 0 Å². The molecule has 0 aliphatic heterocycles. The summed E-state index contributed by atoms with van der Waals surface area (Å²) in [6.45, 7) is 3.00. The van der Waals surface area contributed by atoms with E-state index < -0.39 is 5.97 Å². The second-order valence-corrected chi connectivity index (χ2v) is 4.77. The van der Waals surface area contributed by atoms with Gasteiger partial charge in [-0.3, -0.25) is 4.79 Å². The van der Waals surface area contributed by atoms with Crippen LogP contribution in [0.3, 0.4) is 0 Å². The van der Waals surface area contributed by atoms with E-state index in [-0.39, 0.29) is 6.42 Å². The molecular weight excluding hydrogens is 240 g/mol. The summed E-state index contributed by atoms with van der Waals surface area (Å²) in [4.78, 5) is 15.2. The number of hydrogen-bond acceptors (Lipinski definition) is 2. The quantitative estimate of drug-likeness (QED) is 0.777. The minimum absolute atomic E-state index is 0.246. The number of carbonyl (C=O) groups is 1. The molecule has 19 heavy (non-hydrogen) atoms. The van der Waals surface area contributed by atoms with Gasteiger partial charge in [0, 0.05) is 19.4 Å². The van der Waals surface area contributed by atoms with Crippen LogP contribution in [0.25, 0.3) is 11.0 Å². The third-order valence-electron chi connectivity index (χ3n) is 3.23. The Morgan fingerprint density at radius 3 is 2.84 bits per heavy atom. The molecule has 4 nitrogen and oxygen atoms in total. The van der Waals surface area contributed by atoms with E-state index in [1.807, 2.05) is 18.2 Å². The number of hydrogen-bond donors (Lipinski definition) is 1. The van der Waals surface area contributed by atoms with Crippen LogP contribution in [0, 0.1) is 0 Å². The molecule has 0 aliphatic carbocycles. The molecule has 0 amide bonds. The molecule has 1 N–H and O–H groups in total. The lowest BCUT2D eigenvalue weighted by Crippen LogP contribution is -2.05. The number of fused-ring (bicyclic) bond motifs is 1. The first-order chi connectivity index (χ1) is 9.22. The molecule has 2 rings (SSSR count). The number of carboxylic acid groups (broad SMARTS) is 1. The van der Waals surface area contributed by atoms with Crippen LogP contribution in [0.1, 0.15) is 38.4 Å². The maximum atomic E-state index is 10.5.